The van der Waals surface area contributed by atoms with Crippen LogP contribution in [0.15, 0.2) is 121 Å². The number of hydrogen-bond acceptors (Lipinski definition) is 5. The van der Waals surface area contributed by atoms with Gasteiger partial charge in [-0.1, -0.05) is 72.3 Å². The lowest BCUT2D eigenvalue weighted by Crippen LogP contribution is -2.52. The van der Waals surface area contributed by atoms with E-state index in [4.69, 9.17) is 9.84 Å². The SMILES string of the molecule is CCOC(=O)c1ccc(N2CCC(=Cc3ccccc3-c3cn(C45CC6CC(CC(C6)C4)C5)nc3C(=O)N(c3ccccc3)c3ccccc3)CC2)cc1. The molecule has 0 N–H and O–H groups in total. The fourth-order valence-electron chi connectivity index (χ4n) is 10.3. The van der Waals surface area contributed by atoms with Crippen LogP contribution in [0.1, 0.15) is 84.7 Å². The number of anilines is 3. The van der Waals surface area contributed by atoms with Gasteiger partial charge in [0, 0.05) is 41.9 Å². The molecule has 5 fully saturated rings. The van der Waals surface area contributed by atoms with Crippen LogP contribution in [-0.2, 0) is 10.3 Å². The molecule has 54 heavy (non-hydrogen) atoms. The van der Waals surface area contributed by atoms with E-state index in [9.17, 15) is 4.79 Å². The molecule has 1 aromatic heterocycles. The molecule has 2 heterocycles. The van der Waals surface area contributed by atoms with Crippen molar-refractivity contribution in [2.75, 3.05) is 29.5 Å². The maximum absolute atomic E-state index is 15.1. The number of nitrogens with zero attached hydrogens (tertiary/aromatic N) is 4. The first-order valence-corrected chi connectivity index (χ1v) is 19.8. The first kappa shape index (κ1) is 34.3. The molecule has 0 spiro atoms. The lowest BCUT2D eigenvalue weighted by atomic mass is 9.53. The maximum Gasteiger partial charge on any atom is 0.338 e. The molecule has 1 aliphatic heterocycles. The Morgan fingerprint density at radius 2 is 1.33 bits per heavy atom. The predicted molar refractivity (Wildman–Crippen MR) is 215 cm³/mol. The molecular weight excluding hydrogens is 669 g/mol. The van der Waals surface area contributed by atoms with E-state index >= 15 is 4.79 Å². The molecule has 7 nitrogen and oxygen atoms in total. The number of carbonyl (C=O) groups excluding carboxylic acids is 2. The summed E-state index contributed by atoms with van der Waals surface area (Å²) in [5, 5.41) is 5.38. The second kappa shape index (κ2) is 14.4. The van der Waals surface area contributed by atoms with Crippen LogP contribution in [-0.4, -0.2) is 41.4 Å². The van der Waals surface area contributed by atoms with Crippen molar-refractivity contribution in [3.05, 3.63) is 138 Å². The van der Waals surface area contributed by atoms with Gasteiger partial charge in [-0.05, 0) is 136 Å². The third kappa shape index (κ3) is 6.54. The van der Waals surface area contributed by atoms with Gasteiger partial charge in [-0.2, -0.15) is 5.10 Å². The van der Waals surface area contributed by atoms with Gasteiger partial charge < -0.3 is 9.64 Å². The minimum absolute atomic E-state index is 0.0267. The number of rotatable bonds is 9. The minimum Gasteiger partial charge on any atom is -0.462 e. The van der Waals surface area contributed by atoms with Gasteiger partial charge in [0.05, 0.1) is 17.7 Å². The van der Waals surface area contributed by atoms with E-state index in [1.165, 1.54) is 24.8 Å². The van der Waals surface area contributed by atoms with Crippen LogP contribution in [0.25, 0.3) is 17.2 Å². The Kier molecular flexibility index (Phi) is 9.17. The summed E-state index contributed by atoms with van der Waals surface area (Å²) in [6.07, 6.45) is 14.0. The van der Waals surface area contributed by atoms with Crippen molar-refractivity contribution in [2.24, 2.45) is 17.8 Å². The number of benzene rings is 4. The van der Waals surface area contributed by atoms with Gasteiger partial charge in [-0.3, -0.25) is 14.4 Å². The molecule has 5 aromatic rings. The first-order chi connectivity index (χ1) is 26.5. The second-order valence-corrected chi connectivity index (χ2v) is 15.9. The van der Waals surface area contributed by atoms with E-state index in [-0.39, 0.29) is 17.4 Å². The molecule has 4 aliphatic carbocycles. The quantitative estimate of drug-likeness (QED) is 0.142. The number of ether oxygens (including phenoxy) is 1. The molecule has 7 heteroatoms. The highest BCUT2D eigenvalue weighted by Gasteiger charge is 2.52. The van der Waals surface area contributed by atoms with Crippen LogP contribution in [0.2, 0.25) is 0 Å². The van der Waals surface area contributed by atoms with E-state index in [2.05, 4.69) is 46.1 Å². The largest absolute Gasteiger partial charge is 0.462 e. The summed E-state index contributed by atoms with van der Waals surface area (Å²) >= 11 is 0. The van der Waals surface area contributed by atoms with Gasteiger partial charge in [0.2, 0.25) is 0 Å². The predicted octanol–water partition coefficient (Wildman–Crippen LogP) is 10.3. The number of carbonyl (C=O) groups is 2. The standard InChI is InChI=1S/C47H48N4O3/c1-2-54-46(53)37-17-19-39(20-18-37)49-23-21-33(22-24-49)28-38-11-9-10-16-42(38)43-32-50(47-29-34-25-35(30-47)27-36(26-34)31-47)48-44(43)45(52)51(40-12-5-3-6-13-40)41-14-7-4-8-15-41/h3-20,28,32,34-36H,2,21-27,29-31H2,1H3. The molecular formula is C47H48N4O3. The number of hydrogen-bond donors (Lipinski definition) is 0. The Bertz CT molecular complexity index is 2090. The summed E-state index contributed by atoms with van der Waals surface area (Å²) < 4.78 is 7.42. The summed E-state index contributed by atoms with van der Waals surface area (Å²) in [5.41, 5.74) is 8.26. The Labute approximate surface area is 318 Å². The highest BCUT2D eigenvalue weighted by Crippen LogP contribution is 2.59. The topological polar surface area (TPSA) is 67.7 Å². The van der Waals surface area contributed by atoms with Gasteiger partial charge in [-0.25, -0.2) is 4.79 Å². The Morgan fingerprint density at radius 1 is 0.759 bits per heavy atom. The van der Waals surface area contributed by atoms with Gasteiger partial charge in [0.25, 0.3) is 5.91 Å². The van der Waals surface area contributed by atoms with Crippen LogP contribution in [0.5, 0.6) is 0 Å². The van der Waals surface area contributed by atoms with Crippen LogP contribution >= 0.6 is 0 Å². The van der Waals surface area contributed by atoms with E-state index in [1.807, 2.05) is 96.8 Å². The third-order valence-electron chi connectivity index (χ3n) is 12.4. The lowest BCUT2D eigenvalue weighted by molar-refractivity contribution is -0.0494. The zero-order chi connectivity index (χ0) is 36.6. The summed E-state index contributed by atoms with van der Waals surface area (Å²) in [6.45, 7) is 3.98. The van der Waals surface area contributed by atoms with Crippen LogP contribution in [0.3, 0.4) is 0 Å². The average Bonchev–Trinajstić information content (AvgIpc) is 3.66. The van der Waals surface area contributed by atoms with Crippen molar-refractivity contribution in [2.45, 2.75) is 63.8 Å². The van der Waals surface area contributed by atoms with E-state index in [0.29, 0.717) is 17.9 Å². The Morgan fingerprint density at radius 3 is 1.93 bits per heavy atom. The second-order valence-electron chi connectivity index (χ2n) is 15.9. The van der Waals surface area contributed by atoms with Gasteiger partial charge in [0.15, 0.2) is 5.69 Å². The number of aromatic nitrogens is 2. The summed E-state index contributed by atoms with van der Waals surface area (Å²) in [4.78, 5) is 31.5. The van der Waals surface area contributed by atoms with Crippen LogP contribution < -0.4 is 9.80 Å². The highest BCUT2D eigenvalue weighted by atomic mass is 16.5. The molecule has 4 aromatic carbocycles. The summed E-state index contributed by atoms with van der Waals surface area (Å²) in [7, 11) is 0. The van der Waals surface area contributed by atoms with Gasteiger partial charge >= 0.3 is 5.97 Å². The lowest BCUT2D eigenvalue weighted by Gasteiger charge is -2.56. The van der Waals surface area contributed by atoms with Crippen LogP contribution in [0.4, 0.5) is 17.1 Å². The number of esters is 1. The van der Waals surface area contributed by atoms with Gasteiger partial charge in [-0.15, -0.1) is 0 Å². The van der Waals surface area contributed by atoms with E-state index in [0.717, 1.165) is 96.7 Å². The zero-order valence-corrected chi connectivity index (χ0v) is 31.1. The van der Waals surface area contributed by atoms with Crippen molar-refractivity contribution >= 4 is 35.0 Å². The van der Waals surface area contributed by atoms with Crippen molar-refractivity contribution in [3.63, 3.8) is 0 Å². The number of amides is 1. The molecule has 0 radical (unpaired) electrons. The molecule has 10 rings (SSSR count). The van der Waals surface area contributed by atoms with Gasteiger partial charge in [0.1, 0.15) is 0 Å². The molecule has 4 bridgehead atoms. The first-order valence-electron chi connectivity index (χ1n) is 19.8. The minimum atomic E-state index is -0.284. The molecule has 0 unspecified atom stereocenters. The maximum atomic E-state index is 15.1. The highest BCUT2D eigenvalue weighted by molar-refractivity contribution is 6.13. The number of para-hydroxylation sites is 2. The summed E-state index contributed by atoms with van der Waals surface area (Å²) in [5.74, 6) is 1.87. The fraction of sp³-hybridized carbons (Fsp3) is 0.340. The third-order valence-corrected chi connectivity index (χ3v) is 12.4. The summed E-state index contributed by atoms with van der Waals surface area (Å²) in [6, 6.07) is 36.2. The van der Waals surface area contributed by atoms with Crippen molar-refractivity contribution < 1.29 is 14.3 Å². The molecule has 274 valence electrons. The van der Waals surface area contributed by atoms with E-state index in [1.54, 1.807) is 0 Å². The fourth-order valence-corrected chi connectivity index (χ4v) is 10.3. The Hall–Kier alpha value is -5.43. The molecule has 0 atom stereocenters. The molecule has 1 amide bonds. The number of piperidine rings is 1. The van der Waals surface area contributed by atoms with Crippen LogP contribution in [0, 0.1) is 17.8 Å². The average molecular weight is 717 g/mol. The zero-order valence-electron chi connectivity index (χ0n) is 31.1. The molecule has 1 saturated heterocycles. The smallest absolute Gasteiger partial charge is 0.338 e. The molecule has 4 saturated carbocycles. The van der Waals surface area contributed by atoms with Crippen molar-refractivity contribution in [1.82, 2.24) is 9.78 Å². The van der Waals surface area contributed by atoms with Crippen molar-refractivity contribution in [3.8, 4) is 11.1 Å². The Balaban J connectivity index is 1.07. The molecule has 5 aliphatic rings. The monoisotopic (exact) mass is 716 g/mol. The normalized spacial score (nSPS) is 22.9. The van der Waals surface area contributed by atoms with E-state index < -0.39 is 0 Å². The van der Waals surface area contributed by atoms with Crippen molar-refractivity contribution in [1.29, 1.82) is 0 Å².